The van der Waals surface area contributed by atoms with Crippen LogP contribution >= 0.6 is 0 Å². The normalized spacial score (nSPS) is 12.9. The number of nitrogens with one attached hydrogen (secondary N) is 1. The second-order valence-electron chi connectivity index (χ2n) is 4.95. The third-order valence-electron chi connectivity index (χ3n) is 2.41. The Morgan fingerprint density at radius 3 is 2.23 bits per heavy atom. The molecule has 0 aromatic heterocycles. The Labute approximate surface area is 83.7 Å². The van der Waals surface area contributed by atoms with Gasteiger partial charge in [-0.1, -0.05) is 20.8 Å². The van der Waals surface area contributed by atoms with Gasteiger partial charge in [0.2, 0.25) is 0 Å². The van der Waals surface area contributed by atoms with E-state index in [0.717, 1.165) is 19.6 Å². The van der Waals surface area contributed by atoms with E-state index in [1.165, 1.54) is 0 Å². The monoisotopic (exact) mass is 186 g/mol. The van der Waals surface area contributed by atoms with E-state index in [2.05, 4.69) is 51.9 Å². The fraction of sp³-hybridized carbons (Fsp3) is 1.00. The molecule has 0 aliphatic heterocycles. The quantitative estimate of drug-likeness (QED) is 0.682. The van der Waals surface area contributed by atoms with Gasteiger partial charge in [-0.05, 0) is 32.9 Å². The van der Waals surface area contributed by atoms with Gasteiger partial charge in [-0.2, -0.15) is 0 Å². The van der Waals surface area contributed by atoms with Gasteiger partial charge in [-0.25, -0.2) is 0 Å². The van der Waals surface area contributed by atoms with Gasteiger partial charge in [0.05, 0.1) is 0 Å². The predicted molar refractivity (Wildman–Crippen MR) is 60.1 cm³/mol. The summed E-state index contributed by atoms with van der Waals surface area (Å²) in [6, 6.07) is 0.640. The summed E-state index contributed by atoms with van der Waals surface area (Å²) in [6.07, 6.45) is 0. The lowest BCUT2D eigenvalue weighted by atomic mass is 9.92. The second kappa shape index (κ2) is 5.61. The molecule has 0 heterocycles. The van der Waals surface area contributed by atoms with Crippen LogP contribution in [0.5, 0.6) is 0 Å². The van der Waals surface area contributed by atoms with Crippen molar-refractivity contribution < 1.29 is 0 Å². The Morgan fingerprint density at radius 1 is 1.31 bits per heavy atom. The number of nitrogens with zero attached hydrogens (tertiary/aromatic N) is 1. The van der Waals surface area contributed by atoms with E-state index in [-0.39, 0.29) is 0 Å². The van der Waals surface area contributed by atoms with Crippen LogP contribution in [0.4, 0.5) is 0 Å². The Balaban J connectivity index is 3.86. The van der Waals surface area contributed by atoms with Crippen molar-refractivity contribution in [2.75, 3.05) is 26.7 Å². The summed E-state index contributed by atoms with van der Waals surface area (Å²) in [5.74, 6) is 0. The molecular formula is C11H26N2. The molecule has 0 spiro atoms. The maximum Gasteiger partial charge on any atom is 0.00445 e. The smallest absolute Gasteiger partial charge is 0.00445 e. The number of rotatable bonds is 6. The molecule has 1 N–H and O–H groups in total. The summed E-state index contributed by atoms with van der Waals surface area (Å²) >= 11 is 0. The molecule has 0 saturated heterocycles. The predicted octanol–water partition coefficient (Wildman–Crippen LogP) is 1.96. The van der Waals surface area contributed by atoms with Crippen molar-refractivity contribution in [3.8, 4) is 0 Å². The molecule has 0 radical (unpaired) electrons. The van der Waals surface area contributed by atoms with Gasteiger partial charge in [0.25, 0.3) is 0 Å². The standard InChI is InChI=1S/C11H26N2/c1-7-12-8-11(4,5)9-13(6)10(2)3/h10,12H,7-9H2,1-6H3. The van der Waals surface area contributed by atoms with E-state index in [0.29, 0.717) is 11.5 Å². The van der Waals surface area contributed by atoms with Crippen LogP contribution in [0, 0.1) is 5.41 Å². The Morgan fingerprint density at radius 2 is 1.85 bits per heavy atom. The Hall–Kier alpha value is -0.0800. The molecule has 13 heavy (non-hydrogen) atoms. The molecule has 0 aromatic rings. The van der Waals surface area contributed by atoms with Crippen molar-refractivity contribution in [1.29, 1.82) is 0 Å². The highest BCUT2D eigenvalue weighted by Crippen LogP contribution is 2.15. The topological polar surface area (TPSA) is 15.3 Å². The third kappa shape index (κ3) is 6.05. The van der Waals surface area contributed by atoms with Crippen LogP contribution in [-0.4, -0.2) is 37.6 Å². The maximum absolute atomic E-state index is 3.41. The van der Waals surface area contributed by atoms with Crippen LogP contribution in [0.1, 0.15) is 34.6 Å². The molecule has 0 unspecified atom stereocenters. The van der Waals surface area contributed by atoms with E-state index in [9.17, 15) is 0 Å². The average Bonchev–Trinajstić information content (AvgIpc) is 2.00. The summed E-state index contributed by atoms with van der Waals surface area (Å²) in [6.45, 7) is 14.6. The fourth-order valence-electron chi connectivity index (χ4n) is 1.38. The van der Waals surface area contributed by atoms with E-state index in [1.807, 2.05) is 0 Å². The largest absolute Gasteiger partial charge is 0.316 e. The molecule has 0 aromatic carbocycles. The molecule has 0 aliphatic rings. The number of hydrogen-bond acceptors (Lipinski definition) is 2. The van der Waals surface area contributed by atoms with E-state index in [4.69, 9.17) is 0 Å². The zero-order valence-corrected chi connectivity index (χ0v) is 10.1. The van der Waals surface area contributed by atoms with Gasteiger partial charge in [-0.3, -0.25) is 0 Å². The Bertz CT molecular complexity index is 130. The lowest BCUT2D eigenvalue weighted by Crippen LogP contribution is -2.41. The maximum atomic E-state index is 3.41. The number of hydrogen-bond donors (Lipinski definition) is 1. The van der Waals surface area contributed by atoms with Gasteiger partial charge in [0, 0.05) is 19.1 Å². The molecule has 0 aliphatic carbocycles. The summed E-state index contributed by atoms with van der Waals surface area (Å²) in [4.78, 5) is 2.40. The van der Waals surface area contributed by atoms with Crippen LogP contribution in [-0.2, 0) is 0 Å². The first kappa shape index (κ1) is 12.9. The first-order valence-corrected chi connectivity index (χ1v) is 5.30. The third-order valence-corrected chi connectivity index (χ3v) is 2.41. The van der Waals surface area contributed by atoms with E-state index < -0.39 is 0 Å². The van der Waals surface area contributed by atoms with E-state index >= 15 is 0 Å². The minimum atomic E-state index is 0.370. The summed E-state index contributed by atoms with van der Waals surface area (Å²) in [7, 11) is 2.19. The van der Waals surface area contributed by atoms with Gasteiger partial charge in [0.1, 0.15) is 0 Å². The van der Waals surface area contributed by atoms with Gasteiger partial charge in [0.15, 0.2) is 0 Å². The van der Waals surface area contributed by atoms with Crippen molar-refractivity contribution in [2.45, 2.75) is 40.7 Å². The molecule has 2 nitrogen and oxygen atoms in total. The minimum absolute atomic E-state index is 0.370. The first-order chi connectivity index (χ1) is 5.89. The lowest BCUT2D eigenvalue weighted by molar-refractivity contribution is 0.174. The molecule has 80 valence electrons. The molecule has 2 heteroatoms. The second-order valence-corrected chi connectivity index (χ2v) is 4.95. The van der Waals surface area contributed by atoms with Crippen molar-refractivity contribution in [2.24, 2.45) is 5.41 Å². The van der Waals surface area contributed by atoms with Crippen LogP contribution in [0.3, 0.4) is 0 Å². The van der Waals surface area contributed by atoms with Crippen LogP contribution in [0.2, 0.25) is 0 Å². The molecule has 0 bridgehead atoms. The van der Waals surface area contributed by atoms with Gasteiger partial charge < -0.3 is 10.2 Å². The molecule has 0 rings (SSSR count). The molecule has 0 fully saturated rings. The molecule has 0 amide bonds. The highest BCUT2D eigenvalue weighted by molar-refractivity contribution is 4.75. The van der Waals surface area contributed by atoms with Crippen LogP contribution < -0.4 is 5.32 Å². The van der Waals surface area contributed by atoms with Crippen molar-refractivity contribution in [3.63, 3.8) is 0 Å². The average molecular weight is 186 g/mol. The van der Waals surface area contributed by atoms with E-state index in [1.54, 1.807) is 0 Å². The summed E-state index contributed by atoms with van der Waals surface area (Å²) in [5, 5.41) is 3.41. The lowest BCUT2D eigenvalue weighted by Gasteiger charge is -2.32. The van der Waals surface area contributed by atoms with Crippen molar-refractivity contribution in [1.82, 2.24) is 10.2 Å². The first-order valence-electron chi connectivity index (χ1n) is 5.30. The summed E-state index contributed by atoms with van der Waals surface area (Å²) in [5.41, 5.74) is 0.370. The van der Waals surface area contributed by atoms with Gasteiger partial charge in [-0.15, -0.1) is 0 Å². The van der Waals surface area contributed by atoms with Crippen LogP contribution in [0.15, 0.2) is 0 Å². The summed E-state index contributed by atoms with van der Waals surface area (Å²) < 4.78 is 0. The van der Waals surface area contributed by atoms with Crippen molar-refractivity contribution >= 4 is 0 Å². The zero-order valence-electron chi connectivity index (χ0n) is 10.1. The fourth-order valence-corrected chi connectivity index (χ4v) is 1.38. The van der Waals surface area contributed by atoms with Crippen LogP contribution in [0.25, 0.3) is 0 Å². The SMILES string of the molecule is CCNCC(C)(C)CN(C)C(C)C. The highest BCUT2D eigenvalue weighted by Gasteiger charge is 2.20. The molecule has 0 saturated carbocycles. The minimum Gasteiger partial charge on any atom is -0.316 e. The Kier molecular flexibility index (Phi) is 5.57. The molecular weight excluding hydrogens is 160 g/mol. The van der Waals surface area contributed by atoms with Gasteiger partial charge >= 0.3 is 0 Å². The molecule has 0 atom stereocenters. The van der Waals surface area contributed by atoms with Crippen molar-refractivity contribution in [3.05, 3.63) is 0 Å². The highest BCUT2D eigenvalue weighted by atomic mass is 15.1. The zero-order chi connectivity index (χ0) is 10.5.